The highest BCUT2D eigenvalue weighted by Crippen LogP contribution is 2.29. The highest BCUT2D eigenvalue weighted by molar-refractivity contribution is 7.89. The van der Waals surface area contributed by atoms with Gasteiger partial charge in [-0.2, -0.15) is 4.31 Å². The van der Waals surface area contributed by atoms with Crippen LogP contribution in [-0.4, -0.2) is 45.0 Å². The van der Waals surface area contributed by atoms with Crippen LogP contribution in [0.5, 0.6) is 5.75 Å². The Morgan fingerprint density at radius 2 is 2.05 bits per heavy atom. The lowest BCUT2D eigenvalue weighted by atomic mass is 9.94. The smallest absolute Gasteiger partial charge is 0.243 e. The summed E-state index contributed by atoms with van der Waals surface area (Å²) in [7, 11) is -3.39. The summed E-state index contributed by atoms with van der Waals surface area (Å²) in [5, 5.41) is 3.43. The maximum absolute atomic E-state index is 12.7. The van der Waals surface area contributed by atoms with Gasteiger partial charge in [0.25, 0.3) is 0 Å². The van der Waals surface area contributed by atoms with Gasteiger partial charge < -0.3 is 10.1 Å². The summed E-state index contributed by atoms with van der Waals surface area (Å²) >= 11 is 0. The van der Waals surface area contributed by atoms with E-state index in [1.807, 2.05) is 6.92 Å². The summed E-state index contributed by atoms with van der Waals surface area (Å²) in [5.74, 6) is 1.16. The summed E-state index contributed by atoms with van der Waals surface area (Å²) in [5.41, 5.74) is 0. The zero-order valence-electron chi connectivity index (χ0n) is 12.3. The van der Waals surface area contributed by atoms with Crippen molar-refractivity contribution in [2.45, 2.75) is 30.7 Å². The molecule has 0 spiro atoms. The molecule has 2 aliphatic heterocycles. The third-order valence-electron chi connectivity index (χ3n) is 4.34. The molecule has 1 aromatic carbocycles. The van der Waals surface area contributed by atoms with E-state index in [2.05, 4.69) is 5.32 Å². The van der Waals surface area contributed by atoms with Crippen molar-refractivity contribution in [1.29, 1.82) is 0 Å². The summed E-state index contributed by atoms with van der Waals surface area (Å²) < 4.78 is 32.4. The lowest BCUT2D eigenvalue weighted by Gasteiger charge is -2.24. The topological polar surface area (TPSA) is 58.6 Å². The number of rotatable bonds is 4. The number of hydrogen-bond donors (Lipinski definition) is 1. The van der Waals surface area contributed by atoms with Gasteiger partial charge in [0.1, 0.15) is 5.75 Å². The number of sulfonamides is 1. The van der Waals surface area contributed by atoms with Gasteiger partial charge >= 0.3 is 0 Å². The number of nitrogens with one attached hydrogen (secondary N) is 1. The van der Waals surface area contributed by atoms with E-state index < -0.39 is 10.0 Å². The molecule has 1 aromatic rings. The summed E-state index contributed by atoms with van der Waals surface area (Å²) in [4.78, 5) is 0.351. The summed E-state index contributed by atoms with van der Waals surface area (Å²) in [6, 6.07) is 7.03. The number of benzene rings is 1. The second kappa shape index (κ2) is 5.94. The van der Waals surface area contributed by atoms with E-state index in [1.165, 1.54) is 0 Å². The third-order valence-corrected chi connectivity index (χ3v) is 6.18. The van der Waals surface area contributed by atoms with Crippen molar-refractivity contribution < 1.29 is 13.2 Å². The molecule has 2 aliphatic rings. The SMILES string of the molecule is CCOc1ccc(S(=O)(=O)N2C[C@@H]3CCCN[C@@H]3C2)cc1. The van der Waals surface area contributed by atoms with Crippen molar-refractivity contribution in [2.24, 2.45) is 5.92 Å². The van der Waals surface area contributed by atoms with E-state index in [-0.39, 0.29) is 0 Å². The highest BCUT2D eigenvalue weighted by atomic mass is 32.2. The number of piperidine rings is 1. The first-order valence-corrected chi connectivity index (χ1v) is 9.01. The second-order valence-corrected chi connectivity index (χ2v) is 7.63. The van der Waals surface area contributed by atoms with Crippen molar-refractivity contribution in [3.8, 4) is 5.75 Å². The number of nitrogens with zero attached hydrogens (tertiary/aromatic N) is 1. The minimum absolute atomic E-state index is 0.316. The van der Waals surface area contributed by atoms with Crippen molar-refractivity contribution in [2.75, 3.05) is 26.2 Å². The minimum atomic E-state index is -3.39. The lowest BCUT2D eigenvalue weighted by Crippen LogP contribution is -2.41. The van der Waals surface area contributed by atoms with E-state index >= 15 is 0 Å². The number of hydrogen-bond acceptors (Lipinski definition) is 4. The van der Waals surface area contributed by atoms with Gasteiger partial charge in [-0.25, -0.2) is 8.42 Å². The van der Waals surface area contributed by atoms with Crippen molar-refractivity contribution >= 4 is 10.0 Å². The molecule has 0 aliphatic carbocycles. The average molecular weight is 310 g/mol. The first-order valence-electron chi connectivity index (χ1n) is 7.57. The normalized spacial score (nSPS) is 26.5. The predicted octanol–water partition coefficient (Wildman–Crippen LogP) is 1.46. The Balaban J connectivity index is 1.77. The second-order valence-electron chi connectivity index (χ2n) is 5.69. The number of fused-ring (bicyclic) bond motifs is 1. The van der Waals surface area contributed by atoms with Crippen LogP contribution >= 0.6 is 0 Å². The summed E-state index contributed by atoms with van der Waals surface area (Å²) in [6.07, 6.45) is 2.26. The van der Waals surface area contributed by atoms with Crippen LogP contribution in [0.3, 0.4) is 0 Å². The molecular weight excluding hydrogens is 288 g/mol. The van der Waals surface area contributed by atoms with Gasteiger partial charge in [-0.1, -0.05) is 0 Å². The van der Waals surface area contributed by atoms with E-state index in [1.54, 1.807) is 28.6 Å². The van der Waals surface area contributed by atoms with Crippen LogP contribution in [-0.2, 0) is 10.0 Å². The lowest BCUT2D eigenvalue weighted by molar-refractivity contribution is 0.339. The average Bonchev–Trinajstić information content (AvgIpc) is 2.93. The Morgan fingerprint density at radius 1 is 1.29 bits per heavy atom. The molecule has 2 fully saturated rings. The van der Waals surface area contributed by atoms with Gasteiger partial charge in [-0.05, 0) is 56.5 Å². The first kappa shape index (κ1) is 14.8. The molecule has 0 bridgehead atoms. The monoisotopic (exact) mass is 310 g/mol. The molecule has 3 rings (SSSR count). The van der Waals surface area contributed by atoms with E-state index in [0.717, 1.165) is 19.4 Å². The largest absolute Gasteiger partial charge is 0.494 e. The fourth-order valence-corrected chi connectivity index (χ4v) is 4.75. The molecule has 0 aromatic heterocycles. The minimum Gasteiger partial charge on any atom is -0.494 e. The molecule has 1 N–H and O–H groups in total. The van der Waals surface area contributed by atoms with E-state index in [9.17, 15) is 8.42 Å². The van der Waals surface area contributed by atoms with Gasteiger partial charge in [-0.15, -0.1) is 0 Å². The molecule has 6 heteroatoms. The Hall–Kier alpha value is -1.11. The maximum atomic E-state index is 12.7. The third kappa shape index (κ3) is 2.93. The Labute approximate surface area is 126 Å². The Kier molecular flexibility index (Phi) is 4.19. The Bertz CT molecular complexity index is 571. The van der Waals surface area contributed by atoms with Crippen LogP contribution < -0.4 is 10.1 Å². The van der Waals surface area contributed by atoms with Crippen LogP contribution in [0, 0.1) is 5.92 Å². The van der Waals surface area contributed by atoms with Crippen LogP contribution in [0.4, 0.5) is 0 Å². The van der Waals surface area contributed by atoms with Gasteiger partial charge in [-0.3, -0.25) is 0 Å². The maximum Gasteiger partial charge on any atom is 0.243 e. The molecular formula is C15H22N2O3S. The van der Waals surface area contributed by atoms with Crippen molar-refractivity contribution in [1.82, 2.24) is 9.62 Å². The Morgan fingerprint density at radius 3 is 2.71 bits per heavy atom. The standard InChI is InChI=1S/C15H22N2O3S/c1-2-20-13-5-7-14(8-6-13)21(18,19)17-10-12-4-3-9-16-15(12)11-17/h5-8,12,15-16H,2-4,9-11H2,1H3/t12-,15+/m0/s1. The van der Waals surface area contributed by atoms with Gasteiger partial charge in [0.05, 0.1) is 11.5 Å². The van der Waals surface area contributed by atoms with Gasteiger partial charge in [0.15, 0.2) is 0 Å². The van der Waals surface area contributed by atoms with Crippen LogP contribution in [0.1, 0.15) is 19.8 Å². The number of ether oxygens (including phenoxy) is 1. The highest BCUT2D eigenvalue weighted by Gasteiger charge is 2.40. The van der Waals surface area contributed by atoms with E-state index in [4.69, 9.17) is 4.74 Å². The molecule has 2 saturated heterocycles. The fraction of sp³-hybridized carbons (Fsp3) is 0.600. The van der Waals surface area contributed by atoms with Crippen LogP contribution in [0.15, 0.2) is 29.2 Å². The summed E-state index contributed by atoms with van der Waals surface area (Å²) in [6.45, 7) is 4.70. The predicted molar refractivity (Wildman–Crippen MR) is 80.9 cm³/mol. The first-order chi connectivity index (χ1) is 10.1. The molecule has 21 heavy (non-hydrogen) atoms. The van der Waals surface area contributed by atoms with Crippen molar-refractivity contribution in [3.63, 3.8) is 0 Å². The van der Waals surface area contributed by atoms with Crippen LogP contribution in [0.25, 0.3) is 0 Å². The molecule has 2 atom stereocenters. The fourth-order valence-electron chi connectivity index (χ4n) is 3.23. The van der Waals surface area contributed by atoms with E-state index in [0.29, 0.717) is 42.3 Å². The molecule has 0 saturated carbocycles. The zero-order chi connectivity index (χ0) is 14.9. The quantitative estimate of drug-likeness (QED) is 0.915. The molecule has 5 nitrogen and oxygen atoms in total. The van der Waals surface area contributed by atoms with Gasteiger partial charge in [0, 0.05) is 19.1 Å². The van der Waals surface area contributed by atoms with Crippen molar-refractivity contribution in [3.05, 3.63) is 24.3 Å². The molecule has 0 radical (unpaired) electrons. The molecule has 0 unspecified atom stereocenters. The van der Waals surface area contributed by atoms with Crippen LogP contribution in [0.2, 0.25) is 0 Å². The molecule has 0 amide bonds. The molecule has 2 heterocycles. The van der Waals surface area contributed by atoms with Gasteiger partial charge in [0.2, 0.25) is 10.0 Å². The molecule has 116 valence electrons. The zero-order valence-corrected chi connectivity index (χ0v) is 13.1.